The van der Waals surface area contributed by atoms with Crippen molar-refractivity contribution in [1.29, 1.82) is 0 Å². The Morgan fingerprint density at radius 3 is 2.91 bits per heavy atom. The predicted molar refractivity (Wildman–Crippen MR) is 85.5 cm³/mol. The van der Waals surface area contributed by atoms with E-state index in [4.69, 9.17) is 4.42 Å². The SMILES string of the molecule is C[C@@H]1CC[C@H]2C(C(=O)O)=CCC[C@@H]2[C@@]1(C)CCc1ccoc1. The summed E-state index contributed by atoms with van der Waals surface area (Å²) in [5.41, 5.74) is 2.15. The molecule has 1 fully saturated rings. The highest BCUT2D eigenvalue weighted by Crippen LogP contribution is 2.55. The standard InChI is InChI=1S/C19H26O3/c1-13-6-7-15-16(18(20)21)4-3-5-17(15)19(13,2)10-8-14-9-11-22-12-14/h4,9,11-13,15,17H,3,5-8,10H2,1-2H3,(H,20,21)/t13-,15+,17+,19+/m1/s1. The average Bonchev–Trinajstić information content (AvgIpc) is 3.02. The molecule has 0 amide bonds. The first kappa shape index (κ1) is 15.4. The number of aliphatic carboxylic acids is 1. The van der Waals surface area contributed by atoms with Gasteiger partial charge in [0, 0.05) is 5.57 Å². The maximum atomic E-state index is 11.6. The quantitative estimate of drug-likeness (QED) is 0.878. The maximum absolute atomic E-state index is 11.6. The van der Waals surface area contributed by atoms with Gasteiger partial charge in [0.05, 0.1) is 12.5 Å². The molecular weight excluding hydrogens is 276 g/mol. The molecule has 2 aliphatic rings. The van der Waals surface area contributed by atoms with Gasteiger partial charge in [-0.15, -0.1) is 0 Å². The van der Waals surface area contributed by atoms with Crippen LogP contribution in [0.1, 0.15) is 51.5 Å². The summed E-state index contributed by atoms with van der Waals surface area (Å²) in [5.74, 6) is 0.686. The van der Waals surface area contributed by atoms with Crippen LogP contribution in [0.25, 0.3) is 0 Å². The van der Waals surface area contributed by atoms with E-state index in [-0.39, 0.29) is 11.3 Å². The third-order valence-corrected chi connectivity index (χ3v) is 6.39. The van der Waals surface area contributed by atoms with E-state index < -0.39 is 5.97 Å². The first-order valence-electron chi connectivity index (χ1n) is 8.47. The first-order chi connectivity index (χ1) is 10.5. The zero-order chi connectivity index (χ0) is 15.7. The molecule has 0 bridgehead atoms. The molecule has 22 heavy (non-hydrogen) atoms. The highest BCUT2D eigenvalue weighted by atomic mass is 16.4. The molecule has 0 aliphatic heterocycles. The maximum Gasteiger partial charge on any atom is 0.331 e. The van der Waals surface area contributed by atoms with Gasteiger partial charge in [-0.25, -0.2) is 4.79 Å². The van der Waals surface area contributed by atoms with Gasteiger partial charge in [0.25, 0.3) is 0 Å². The van der Waals surface area contributed by atoms with Gasteiger partial charge in [-0.1, -0.05) is 19.9 Å². The monoisotopic (exact) mass is 302 g/mol. The molecule has 0 saturated heterocycles. The summed E-state index contributed by atoms with van der Waals surface area (Å²) in [5, 5.41) is 9.51. The molecule has 0 radical (unpaired) electrons. The second kappa shape index (κ2) is 5.94. The lowest BCUT2D eigenvalue weighted by Crippen LogP contribution is -2.45. The van der Waals surface area contributed by atoms with Gasteiger partial charge in [0.1, 0.15) is 0 Å². The fourth-order valence-electron chi connectivity index (χ4n) is 4.78. The molecule has 3 heteroatoms. The molecule has 1 heterocycles. The van der Waals surface area contributed by atoms with Gasteiger partial charge in [-0.05, 0) is 73.3 Å². The van der Waals surface area contributed by atoms with E-state index in [9.17, 15) is 9.90 Å². The molecule has 1 aromatic heterocycles. The molecular formula is C19H26O3. The van der Waals surface area contributed by atoms with Gasteiger partial charge in [-0.2, -0.15) is 0 Å². The van der Waals surface area contributed by atoms with Crippen LogP contribution >= 0.6 is 0 Å². The number of furan rings is 1. The number of rotatable bonds is 4. The van der Waals surface area contributed by atoms with Crippen molar-refractivity contribution in [2.45, 2.75) is 52.4 Å². The Hall–Kier alpha value is -1.51. The molecule has 4 atom stereocenters. The number of allylic oxidation sites excluding steroid dienone is 1. The Morgan fingerprint density at radius 2 is 2.23 bits per heavy atom. The van der Waals surface area contributed by atoms with Crippen LogP contribution in [0, 0.1) is 23.2 Å². The molecule has 1 N–H and O–H groups in total. The number of aryl methyl sites for hydroxylation is 1. The third-order valence-electron chi connectivity index (χ3n) is 6.39. The third kappa shape index (κ3) is 2.62. The number of carboxylic acid groups (broad SMARTS) is 1. The Labute approximate surface area is 132 Å². The summed E-state index contributed by atoms with van der Waals surface area (Å²) in [4.78, 5) is 11.6. The van der Waals surface area contributed by atoms with Crippen LogP contribution in [-0.2, 0) is 11.2 Å². The highest BCUT2D eigenvalue weighted by Gasteiger charge is 2.48. The second-order valence-electron chi connectivity index (χ2n) is 7.37. The van der Waals surface area contributed by atoms with Crippen molar-refractivity contribution in [1.82, 2.24) is 0 Å². The normalized spacial score (nSPS) is 34.8. The molecule has 2 aliphatic carbocycles. The van der Waals surface area contributed by atoms with Crippen LogP contribution in [-0.4, -0.2) is 11.1 Å². The Morgan fingerprint density at radius 1 is 1.41 bits per heavy atom. The summed E-state index contributed by atoms with van der Waals surface area (Å²) in [6.07, 6.45) is 11.9. The molecule has 0 spiro atoms. The fourth-order valence-corrected chi connectivity index (χ4v) is 4.78. The van der Waals surface area contributed by atoms with E-state index in [1.807, 2.05) is 18.4 Å². The highest BCUT2D eigenvalue weighted by molar-refractivity contribution is 5.87. The summed E-state index contributed by atoms with van der Waals surface area (Å²) >= 11 is 0. The van der Waals surface area contributed by atoms with E-state index in [1.54, 1.807) is 6.26 Å². The molecule has 3 rings (SSSR count). The van der Waals surface area contributed by atoms with E-state index in [0.29, 0.717) is 17.4 Å². The topological polar surface area (TPSA) is 50.4 Å². The lowest BCUT2D eigenvalue weighted by molar-refractivity contribution is -0.134. The molecule has 0 unspecified atom stereocenters. The number of carboxylic acids is 1. The molecule has 1 aromatic rings. The van der Waals surface area contributed by atoms with Crippen LogP contribution in [0.2, 0.25) is 0 Å². The lowest BCUT2D eigenvalue weighted by atomic mass is 9.52. The van der Waals surface area contributed by atoms with Crippen LogP contribution in [0.15, 0.2) is 34.7 Å². The van der Waals surface area contributed by atoms with Crippen molar-refractivity contribution in [3.05, 3.63) is 35.8 Å². The van der Waals surface area contributed by atoms with Gasteiger partial charge in [0.2, 0.25) is 0 Å². The lowest BCUT2D eigenvalue weighted by Gasteiger charge is -2.52. The molecule has 120 valence electrons. The van der Waals surface area contributed by atoms with Gasteiger partial charge in [-0.3, -0.25) is 0 Å². The zero-order valence-electron chi connectivity index (χ0n) is 13.5. The molecule has 0 aromatic carbocycles. The van der Waals surface area contributed by atoms with E-state index in [0.717, 1.165) is 38.5 Å². The Kier molecular flexibility index (Phi) is 4.16. The van der Waals surface area contributed by atoms with Gasteiger partial charge in [0.15, 0.2) is 0 Å². The minimum atomic E-state index is -0.707. The largest absolute Gasteiger partial charge is 0.478 e. The molecule has 1 saturated carbocycles. The fraction of sp³-hybridized carbons (Fsp3) is 0.632. The van der Waals surface area contributed by atoms with Crippen molar-refractivity contribution >= 4 is 5.97 Å². The number of hydrogen-bond acceptors (Lipinski definition) is 2. The summed E-state index contributed by atoms with van der Waals surface area (Å²) < 4.78 is 5.18. The average molecular weight is 302 g/mol. The van der Waals surface area contributed by atoms with Crippen LogP contribution in [0.5, 0.6) is 0 Å². The predicted octanol–water partition coefficient (Wildman–Crippen LogP) is 4.69. The minimum Gasteiger partial charge on any atom is -0.478 e. The first-order valence-corrected chi connectivity index (χ1v) is 8.47. The Bertz CT molecular complexity index is 557. The van der Waals surface area contributed by atoms with Gasteiger partial charge >= 0.3 is 5.97 Å². The van der Waals surface area contributed by atoms with Crippen molar-refractivity contribution < 1.29 is 14.3 Å². The number of fused-ring (bicyclic) bond motifs is 1. The summed E-state index contributed by atoms with van der Waals surface area (Å²) in [6.45, 7) is 4.74. The second-order valence-corrected chi connectivity index (χ2v) is 7.37. The number of hydrogen-bond donors (Lipinski definition) is 1. The van der Waals surface area contributed by atoms with Crippen LogP contribution < -0.4 is 0 Å². The number of carbonyl (C=O) groups is 1. The minimum absolute atomic E-state index is 0.217. The summed E-state index contributed by atoms with van der Waals surface area (Å²) in [6, 6.07) is 2.04. The van der Waals surface area contributed by atoms with Crippen LogP contribution in [0.3, 0.4) is 0 Å². The van der Waals surface area contributed by atoms with Gasteiger partial charge < -0.3 is 9.52 Å². The van der Waals surface area contributed by atoms with E-state index in [2.05, 4.69) is 13.8 Å². The van der Waals surface area contributed by atoms with Crippen molar-refractivity contribution in [3.63, 3.8) is 0 Å². The van der Waals surface area contributed by atoms with E-state index in [1.165, 1.54) is 5.56 Å². The van der Waals surface area contributed by atoms with Crippen molar-refractivity contribution in [3.8, 4) is 0 Å². The smallest absolute Gasteiger partial charge is 0.331 e. The van der Waals surface area contributed by atoms with Crippen molar-refractivity contribution in [2.24, 2.45) is 23.2 Å². The van der Waals surface area contributed by atoms with Crippen molar-refractivity contribution in [2.75, 3.05) is 0 Å². The zero-order valence-corrected chi connectivity index (χ0v) is 13.5. The van der Waals surface area contributed by atoms with E-state index >= 15 is 0 Å². The summed E-state index contributed by atoms with van der Waals surface area (Å²) in [7, 11) is 0. The Balaban J connectivity index is 1.82. The molecule has 3 nitrogen and oxygen atoms in total. The van der Waals surface area contributed by atoms with Crippen LogP contribution in [0.4, 0.5) is 0 Å².